The number of nitrogens with one attached hydrogen (secondary N) is 1. The molecule has 8 nitrogen and oxygen atoms in total. The zero-order chi connectivity index (χ0) is 31.3. The highest BCUT2D eigenvalue weighted by atomic mass is 19.1. The van der Waals surface area contributed by atoms with Gasteiger partial charge in [0.25, 0.3) is 0 Å². The SMILES string of the molecule is CCN(C(=O)O)C(CCNC(c1cc(-c2cc(F)ccc2F)cn1Cc1ccccc1)C(C)(C)C)CN1C(=O)CCC1=O. The summed E-state index contributed by atoms with van der Waals surface area (Å²) in [6.45, 7) is 9.04. The number of rotatable bonds is 12. The van der Waals surface area contributed by atoms with Crippen LogP contribution in [-0.2, 0) is 16.1 Å². The molecule has 3 aromatic rings. The average Bonchev–Trinajstić information content (AvgIpc) is 3.50. The zero-order valence-corrected chi connectivity index (χ0v) is 25.1. The number of halogens is 2. The second-order valence-electron chi connectivity index (χ2n) is 12.1. The van der Waals surface area contributed by atoms with E-state index in [-0.39, 0.29) is 54.8 Å². The summed E-state index contributed by atoms with van der Waals surface area (Å²) in [6, 6.07) is 14.3. The molecule has 0 aliphatic carbocycles. The minimum atomic E-state index is -1.11. The minimum absolute atomic E-state index is 0.00700. The van der Waals surface area contributed by atoms with Gasteiger partial charge in [0, 0.05) is 55.5 Å². The number of amides is 3. The van der Waals surface area contributed by atoms with E-state index in [1.807, 2.05) is 47.2 Å². The molecule has 4 rings (SSSR count). The van der Waals surface area contributed by atoms with Gasteiger partial charge in [0.15, 0.2) is 0 Å². The van der Waals surface area contributed by atoms with Crippen LogP contribution in [0.3, 0.4) is 0 Å². The summed E-state index contributed by atoms with van der Waals surface area (Å²) < 4.78 is 31.0. The quantitative estimate of drug-likeness (QED) is 0.249. The third-order valence-electron chi connectivity index (χ3n) is 7.93. The summed E-state index contributed by atoms with van der Waals surface area (Å²) >= 11 is 0. The molecule has 0 bridgehead atoms. The van der Waals surface area contributed by atoms with Crippen LogP contribution in [0.2, 0.25) is 0 Å². The molecule has 1 fully saturated rings. The first-order chi connectivity index (χ1) is 20.4. The fourth-order valence-electron chi connectivity index (χ4n) is 5.74. The summed E-state index contributed by atoms with van der Waals surface area (Å²) in [6.07, 6.45) is 1.35. The van der Waals surface area contributed by atoms with Crippen LogP contribution in [0, 0.1) is 17.0 Å². The van der Waals surface area contributed by atoms with Crippen molar-refractivity contribution in [1.29, 1.82) is 0 Å². The molecule has 0 radical (unpaired) electrons. The summed E-state index contributed by atoms with van der Waals surface area (Å²) in [7, 11) is 0. The molecule has 2 unspecified atom stereocenters. The van der Waals surface area contributed by atoms with Gasteiger partial charge in [-0.05, 0) is 55.1 Å². The van der Waals surface area contributed by atoms with Crippen molar-refractivity contribution in [3.63, 3.8) is 0 Å². The van der Waals surface area contributed by atoms with Crippen LogP contribution in [-0.4, -0.2) is 63.1 Å². The van der Waals surface area contributed by atoms with E-state index in [2.05, 4.69) is 26.1 Å². The summed E-state index contributed by atoms with van der Waals surface area (Å²) in [5, 5.41) is 13.4. The Labute approximate surface area is 251 Å². The number of hydrogen-bond donors (Lipinski definition) is 2. The van der Waals surface area contributed by atoms with Gasteiger partial charge in [-0.2, -0.15) is 0 Å². The molecule has 3 amide bonds. The van der Waals surface area contributed by atoms with Gasteiger partial charge in [-0.15, -0.1) is 0 Å². The maximum atomic E-state index is 14.9. The fourth-order valence-corrected chi connectivity index (χ4v) is 5.74. The second kappa shape index (κ2) is 13.5. The number of nitrogens with zero attached hydrogens (tertiary/aromatic N) is 3. The van der Waals surface area contributed by atoms with Crippen LogP contribution in [0.25, 0.3) is 11.1 Å². The monoisotopic (exact) mass is 594 g/mol. The Bertz CT molecular complexity index is 1430. The lowest BCUT2D eigenvalue weighted by Crippen LogP contribution is -2.49. The molecule has 1 aliphatic heterocycles. The number of carboxylic acid groups (broad SMARTS) is 1. The van der Waals surface area contributed by atoms with Crippen LogP contribution in [0.4, 0.5) is 13.6 Å². The Hall–Kier alpha value is -4.05. The average molecular weight is 595 g/mol. The highest BCUT2D eigenvalue weighted by Gasteiger charge is 2.35. The van der Waals surface area contributed by atoms with E-state index in [0.29, 0.717) is 25.1 Å². The molecular formula is C33H40F2N4O4. The predicted molar refractivity (Wildman–Crippen MR) is 160 cm³/mol. The van der Waals surface area contributed by atoms with Gasteiger partial charge in [0.1, 0.15) is 11.6 Å². The van der Waals surface area contributed by atoms with Crippen LogP contribution >= 0.6 is 0 Å². The lowest BCUT2D eigenvalue weighted by molar-refractivity contribution is -0.139. The number of carbonyl (C=O) groups excluding carboxylic acids is 2. The molecule has 230 valence electrons. The molecular weight excluding hydrogens is 554 g/mol. The lowest BCUT2D eigenvalue weighted by atomic mass is 9.84. The number of imide groups is 1. The molecule has 0 spiro atoms. The van der Waals surface area contributed by atoms with Gasteiger partial charge in [-0.1, -0.05) is 51.1 Å². The molecule has 2 heterocycles. The van der Waals surface area contributed by atoms with E-state index < -0.39 is 23.8 Å². The van der Waals surface area contributed by atoms with Gasteiger partial charge in [-0.3, -0.25) is 14.5 Å². The van der Waals surface area contributed by atoms with Crippen LogP contribution in [0.15, 0.2) is 60.8 Å². The normalized spacial score (nSPS) is 15.2. The molecule has 0 saturated carbocycles. The number of likely N-dealkylation sites (N-methyl/N-ethyl adjacent to an activating group) is 1. The minimum Gasteiger partial charge on any atom is -0.465 e. The van der Waals surface area contributed by atoms with E-state index >= 15 is 0 Å². The Balaban J connectivity index is 1.65. The van der Waals surface area contributed by atoms with Crippen LogP contribution < -0.4 is 5.32 Å². The van der Waals surface area contributed by atoms with E-state index in [4.69, 9.17) is 0 Å². The molecule has 2 aromatic carbocycles. The molecule has 43 heavy (non-hydrogen) atoms. The van der Waals surface area contributed by atoms with Crippen molar-refractivity contribution < 1.29 is 28.3 Å². The first-order valence-electron chi connectivity index (χ1n) is 14.6. The zero-order valence-electron chi connectivity index (χ0n) is 25.1. The van der Waals surface area contributed by atoms with Gasteiger partial charge in [-0.25, -0.2) is 13.6 Å². The number of benzene rings is 2. The van der Waals surface area contributed by atoms with Gasteiger partial charge >= 0.3 is 6.09 Å². The third-order valence-corrected chi connectivity index (χ3v) is 7.93. The summed E-state index contributed by atoms with van der Waals surface area (Å²) in [5.74, 6) is -1.62. The van der Waals surface area contributed by atoms with Crippen molar-refractivity contribution in [3.05, 3.63) is 83.7 Å². The first kappa shape index (κ1) is 31.9. The lowest BCUT2D eigenvalue weighted by Gasteiger charge is -2.35. The first-order valence-corrected chi connectivity index (χ1v) is 14.6. The van der Waals surface area contributed by atoms with Crippen molar-refractivity contribution in [2.75, 3.05) is 19.6 Å². The van der Waals surface area contributed by atoms with Crippen molar-refractivity contribution in [1.82, 2.24) is 19.7 Å². The third kappa shape index (κ3) is 7.67. The Morgan fingerprint density at radius 3 is 2.33 bits per heavy atom. The maximum Gasteiger partial charge on any atom is 0.407 e. The molecule has 2 N–H and O–H groups in total. The van der Waals surface area contributed by atoms with E-state index in [9.17, 15) is 28.3 Å². The van der Waals surface area contributed by atoms with Crippen molar-refractivity contribution in [3.8, 4) is 11.1 Å². The predicted octanol–water partition coefficient (Wildman–Crippen LogP) is 6.07. The fraction of sp³-hybridized carbons (Fsp3) is 0.424. The molecule has 1 aromatic heterocycles. The molecule has 1 saturated heterocycles. The van der Waals surface area contributed by atoms with E-state index in [1.54, 1.807) is 6.92 Å². The van der Waals surface area contributed by atoms with E-state index in [1.165, 1.54) is 15.9 Å². The Morgan fingerprint density at radius 1 is 1.05 bits per heavy atom. The van der Waals surface area contributed by atoms with Gasteiger partial charge in [0.2, 0.25) is 11.8 Å². The standard InChI is InChI=1S/C33H40F2N4O4/c1-5-38(32(42)43)25(21-39-29(40)13-14-30(39)41)15-16-36-31(33(2,3)4)28-17-23(26-18-24(34)11-12-27(26)35)20-37(28)19-22-9-7-6-8-10-22/h6-12,17-18,20,25,31,36H,5,13-16,19,21H2,1-4H3,(H,42,43). The van der Waals surface area contributed by atoms with Crippen molar-refractivity contribution >= 4 is 17.9 Å². The summed E-state index contributed by atoms with van der Waals surface area (Å²) in [5.41, 5.74) is 2.28. The highest BCUT2D eigenvalue weighted by molar-refractivity contribution is 6.02. The maximum absolute atomic E-state index is 14.9. The van der Waals surface area contributed by atoms with Crippen LogP contribution in [0.5, 0.6) is 0 Å². The summed E-state index contributed by atoms with van der Waals surface area (Å²) in [4.78, 5) is 39.1. The number of likely N-dealkylation sites (tertiary alicyclic amines) is 1. The highest BCUT2D eigenvalue weighted by Crippen LogP contribution is 2.37. The van der Waals surface area contributed by atoms with Gasteiger partial charge in [0.05, 0.1) is 12.1 Å². The van der Waals surface area contributed by atoms with Crippen LogP contribution in [0.1, 0.15) is 64.3 Å². The Kier molecular flexibility index (Phi) is 10.0. The number of aromatic nitrogens is 1. The smallest absolute Gasteiger partial charge is 0.407 e. The van der Waals surface area contributed by atoms with Gasteiger partial charge < -0.3 is 19.9 Å². The number of carbonyl (C=O) groups is 3. The molecule has 10 heteroatoms. The second-order valence-corrected chi connectivity index (χ2v) is 12.1. The van der Waals surface area contributed by atoms with Crippen molar-refractivity contribution in [2.24, 2.45) is 5.41 Å². The van der Waals surface area contributed by atoms with E-state index in [0.717, 1.165) is 23.4 Å². The topological polar surface area (TPSA) is 94.9 Å². The number of hydrogen-bond acceptors (Lipinski definition) is 4. The molecule has 1 aliphatic rings. The Morgan fingerprint density at radius 2 is 1.72 bits per heavy atom. The largest absolute Gasteiger partial charge is 0.465 e. The molecule has 2 atom stereocenters. The van der Waals surface area contributed by atoms with Crippen molar-refractivity contribution in [2.45, 2.75) is 65.6 Å².